The number of benzene rings is 1. The van der Waals surface area contributed by atoms with Crippen molar-refractivity contribution in [2.75, 3.05) is 5.32 Å². The van der Waals surface area contributed by atoms with Gasteiger partial charge < -0.3 is 5.32 Å². The largest absolute Gasteiger partial charge is 0.363 e. The van der Waals surface area contributed by atoms with Gasteiger partial charge in [0.25, 0.3) is 0 Å². The first-order valence-corrected chi connectivity index (χ1v) is 8.32. The molecule has 0 amide bonds. The van der Waals surface area contributed by atoms with Crippen LogP contribution >= 0.6 is 0 Å². The average Bonchev–Trinajstić information content (AvgIpc) is 3.17. The van der Waals surface area contributed by atoms with Gasteiger partial charge in [0, 0.05) is 12.2 Å². The Morgan fingerprint density at radius 3 is 2.69 bits per heavy atom. The summed E-state index contributed by atoms with van der Waals surface area (Å²) in [5, 5.41) is 7.63. The summed E-state index contributed by atoms with van der Waals surface area (Å²) in [4.78, 5) is 14.6. The van der Waals surface area contributed by atoms with E-state index in [1.54, 1.807) is 22.8 Å². The zero-order valence-corrected chi connectivity index (χ0v) is 14.7. The maximum absolute atomic E-state index is 13.1. The van der Waals surface area contributed by atoms with Crippen LogP contribution in [-0.2, 0) is 4.84 Å². The van der Waals surface area contributed by atoms with Crippen LogP contribution in [0.15, 0.2) is 47.7 Å². The van der Waals surface area contributed by atoms with Crippen LogP contribution in [0.2, 0.25) is 0 Å². The van der Waals surface area contributed by atoms with Gasteiger partial charge in [0.05, 0.1) is 11.8 Å². The van der Waals surface area contributed by atoms with Crippen LogP contribution in [0.5, 0.6) is 0 Å². The number of anilines is 1. The van der Waals surface area contributed by atoms with Gasteiger partial charge in [-0.15, -0.1) is 0 Å². The molecular weight excluding hydrogens is 335 g/mol. The lowest BCUT2D eigenvalue weighted by molar-refractivity contribution is -0.0269. The highest BCUT2D eigenvalue weighted by atomic mass is 19.1. The Labute approximate surface area is 149 Å². The number of nitrogens with zero attached hydrogens (tertiary/aromatic N) is 4. The van der Waals surface area contributed by atoms with E-state index in [4.69, 9.17) is 4.84 Å². The maximum atomic E-state index is 13.1. The van der Waals surface area contributed by atoms with Gasteiger partial charge in [-0.1, -0.05) is 12.1 Å². The number of fused-ring (bicyclic) bond motifs is 1. The first kappa shape index (κ1) is 16.5. The second-order valence-corrected chi connectivity index (χ2v) is 6.67. The molecule has 8 heteroatoms. The number of nitrogens with one attached hydrogen (secondary N) is 2. The van der Waals surface area contributed by atoms with E-state index in [1.807, 2.05) is 33.0 Å². The quantitative estimate of drug-likeness (QED) is 0.753. The molecule has 2 aromatic heterocycles. The number of amidine groups is 1. The molecule has 3 aromatic rings. The summed E-state index contributed by atoms with van der Waals surface area (Å²) in [7, 11) is 0. The summed E-state index contributed by atoms with van der Waals surface area (Å²) >= 11 is 0. The highest BCUT2D eigenvalue weighted by Crippen LogP contribution is 2.22. The molecule has 7 nitrogen and oxygen atoms in total. The molecule has 0 spiro atoms. The van der Waals surface area contributed by atoms with Crippen LogP contribution in [0.3, 0.4) is 0 Å². The van der Waals surface area contributed by atoms with Crippen molar-refractivity contribution in [2.45, 2.75) is 32.5 Å². The third kappa shape index (κ3) is 3.11. The molecule has 2 N–H and O–H groups in total. The van der Waals surface area contributed by atoms with Gasteiger partial charge in [0.1, 0.15) is 11.6 Å². The smallest absolute Gasteiger partial charge is 0.182 e. The Morgan fingerprint density at radius 2 is 2.00 bits per heavy atom. The fraction of sp³-hybridized carbons (Fsp3) is 0.278. The van der Waals surface area contributed by atoms with Crippen molar-refractivity contribution in [1.29, 1.82) is 0 Å². The van der Waals surface area contributed by atoms with Gasteiger partial charge >= 0.3 is 0 Å². The highest BCUT2D eigenvalue weighted by Gasteiger charge is 2.28. The number of hydrogen-bond donors (Lipinski definition) is 2. The Kier molecular flexibility index (Phi) is 3.84. The number of halogens is 1. The summed E-state index contributed by atoms with van der Waals surface area (Å²) < 4.78 is 14.8. The molecule has 134 valence electrons. The summed E-state index contributed by atoms with van der Waals surface area (Å²) in [6, 6.07) is 8.23. The molecule has 0 saturated carbocycles. The number of aliphatic imine (C=N–C) groups is 1. The van der Waals surface area contributed by atoms with E-state index in [0.29, 0.717) is 17.3 Å². The fourth-order valence-electron chi connectivity index (χ4n) is 2.78. The molecule has 0 fully saturated rings. The van der Waals surface area contributed by atoms with E-state index in [-0.39, 0.29) is 11.9 Å². The second-order valence-electron chi connectivity index (χ2n) is 6.67. The number of rotatable bonds is 4. The van der Waals surface area contributed by atoms with Crippen LogP contribution in [0.4, 0.5) is 10.2 Å². The number of hydroxylamine groups is 1. The van der Waals surface area contributed by atoms with E-state index in [0.717, 1.165) is 11.1 Å². The van der Waals surface area contributed by atoms with Gasteiger partial charge in [-0.25, -0.2) is 29.2 Å². The van der Waals surface area contributed by atoms with Crippen LogP contribution in [0.25, 0.3) is 5.65 Å². The predicted octanol–water partition coefficient (Wildman–Crippen LogP) is 3.06. The molecule has 26 heavy (non-hydrogen) atoms. The normalized spacial score (nSPS) is 17.0. The maximum Gasteiger partial charge on any atom is 0.182 e. The molecule has 0 aliphatic carbocycles. The summed E-state index contributed by atoms with van der Waals surface area (Å²) in [6.45, 7) is 5.72. The van der Waals surface area contributed by atoms with E-state index >= 15 is 0 Å². The van der Waals surface area contributed by atoms with Gasteiger partial charge in [0.15, 0.2) is 17.2 Å². The fourth-order valence-corrected chi connectivity index (χ4v) is 2.78. The molecule has 1 aromatic carbocycles. The Bertz CT molecular complexity index is 979. The minimum Gasteiger partial charge on any atom is -0.363 e. The zero-order valence-electron chi connectivity index (χ0n) is 14.7. The Hall–Kier alpha value is -3.00. The number of hydrogen-bond acceptors (Lipinski definition) is 6. The van der Waals surface area contributed by atoms with Gasteiger partial charge in [0.2, 0.25) is 0 Å². The third-order valence-electron chi connectivity index (χ3n) is 4.14. The first-order chi connectivity index (χ1) is 12.4. The molecule has 0 radical (unpaired) electrons. The lowest BCUT2D eigenvalue weighted by Gasteiger charge is -2.15. The van der Waals surface area contributed by atoms with Gasteiger partial charge in [-0.05, 0) is 44.5 Å². The van der Waals surface area contributed by atoms with Gasteiger partial charge in [-0.2, -0.15) is 5.10 Å². The minimum atomic E-state index is -0.628. The molecule has 3 heterocycles. The summed E-state index contributed by atoms with van der Waals surface area (Å²) in [6.07, 6.45) is 3.53. The average molecular weight is 354 g/mol. The first-order valence-electron chi connectivity index (χ1n) is 8.32. The van der Waals surface area contributed by atoms with Crippen LogP contribution < -0.4 is 10.8 Å². The van der Waals surface area contributed by atoms with Crippen molar-refractivity contribution in [3.63, 3.8) is 0 Å². The second kappa shape index (κ2) is 6.06. The predicted molar refractivity (Wildman–Crippen MR) is 96.3 cm³/mol. The van der Waals surface area contributed by atoms with E-state index in [9.17, 15) is 4.39 Å². The van der Waals surface area contributed by atoms with Crippen molar-refractivity contribution < 1.29 is 9.23 Å². The summed E-state index contributed by atoms with van der Waals surface area (Å²) in [5.74, 6) is 1.04. The highest BCUT2D eigenvalue weighted by molar-refractivity contribution is 6.03. The summed E-state index contributed by atoms with van der Waals surface area (Å²) in [5.41, 5.74) is 4.60. The van der Waals surface area contributed by atoms with Crippen molar-refractivity contribution >= 4 is 17.3 Å². The monoisotopic (exact) mass is 354 g/mol. The van der Waals surface area contributed by atoms with Gasteiger partial charge in [-0.3, -0.25) is 0 Å². The SMILES string of the molecule is CC(Nc1ccn2ncc(C3=NC(C)(C)ON3)c2n1)c1ccc(F)cc1. The molecule has 1 aliphatic rings. The molecule has 1 aliphatic heterocycles. The van der Waals surface area contributed by atoms with Crippen molar-refractivity contribution in [3.05, 3.63) is 59.7 Å². The van der Waals surface area contributed by atoms with Crippen LogP contribution in [0.1, 0.15) is 37.9 Å². The lowest BCUT2D eigenvalue weighted by atomic mass is 10.1. The molecular formula is C18H19FN6O. The lowest BCUT2D eigenvalue weighted by Crippen LogP contribution is -2.23. The number of aromatic nitrogens is 3. The third-order valence-corrected chi connectivity index (χ3v) is 4.14. The standard InChI is InChI=1S/C18H19FN6O/c1-11(12-4-6-13(19)7-5-12)21-15-8-9-25-17(22-15)14(10-20-25)16-23-18(2,3)26-24-16/h4-11H,1-3H3,(H,21,22)(H,23,24). The Balaban J connectivity index is 1.63. The van der Waals surface area contributed by atoms with E-state index < -0.39 is 5.72 Å². The van der Waals surface area contributed by atoms with Crippen molar-refractivity contribution in [2.24, 2.45) is 4.99 Å². The van der Waals surface area contributed by atoms with Crippen molar-refractivity contribution in [1.82, 2.24) is 20.1 Å². The topological polar surface area (TPSA) is 75.8 Å². The van der Waals surface area contributed by atoms with Crippen LogP contribution in [-0.4, -0.2) is 26.2 Å². The van der Waals surface area contributed by atoms with Crippen molar-refractivity contribution in [3.8, 4) is 0 Å². The van der Waals surface area contributed by atoms with E-state index in [2.05, 4.69) is 25.9 Å². The van der Waals surface area contributed by atoms with Crippen LogP contribution in [0, 0.1) is 5.82 Å². The zero-order chi connectivity index (χ0) is 18.3. The molecule has 1 unspecified atom stereocenters. The molecule has 0 saturated heterocycles. The Morgan fingerprint density at radius 1 is 1.23 bits per heavy atom. The molecule has 4 rings (SSSR count). The molecule has 1 atom stereocenters. The minimum absolute atomic E-state index is 0.0267. The molecule has 0 bridgehead atoms. The van der Waals surface area contributed by atoms with E-state index in [1.165, 1.54) is 12.1 Å².